The Labute approximate surface area is 216 Å². The van der Waals surface area contributed by atoms with Crippen LogP contribution in [0.4, 0.5) is 0 Å². The Kier molecular flexibility index (Phi) is 8.05. The van der Waals surface area contributed by atoms with Gasteiger partial charge in [0, 0.05) is 28.2 Å². The first-order chi connectivity index (χ1) is 16.7. The quantitative estimate of drug-likeness (QED) is 0.367. The smallest absolute Gasteiger partial charge is 0.261 e. The molecule has 1 aliphatic rings. The Morgan fingerprint density at radius 1 is 1.00 bits per heavy atom. The number of hydrogen-bond acceptors (Lipinski definition) is 4. The van der Waals surface area contributed by atoms with Gasteiger partial charge in [0.25, 0.3) is 5.91 Å². The summed E-state index contributed by atoms with van der Waals surface area (Å²) in [6.07, 6.45) is 1.35. The Bertz CT molecular complexity index is 1290. The third-order valence-electron chi connectivity index (χ3n) is 6.21. The lowest BCUT2D eigenvalue weighted by atomic mass is 10.0. The standard InChI is InChI=1S/C27H27Cl2NO4S/c1-2-19-5-10-24(11-6-19)34-17-27(31)30(23-13-14-35(32,33)18-23)16-20-3-7-21(8-4-20)25-12-9-22(28)15-26(25)29/h3-12,15,23H,2,13-14,16-18H2,1H3. The summed E-state index contributed by atoms with van der Waals surface area (Å²) in [5.41, 5.74) is 3.86. The Morgan fingerprint density at radius 3 is 2.29 bits per heavy atom. The Hall–Kier alpha value is -2.54. The summed E-state index contributed by atoms with van der Waals surface area (Å²) in [7, 11) is -3.15. The first kappa shape index (κ1) is 25.5. The van der Waals surface area contributed by atoms with Crippen molar-refractivity contribution in [3.8, 4) is 16.9 Å². The van der Waals surface area contributed by atoms with Crippen molar-refractivity contribution in [3.05, 3.63) is 87.9 Å². The van der Waals surface area contributed by atoms with Crippen LogP contribution in [0.1, 0.15) is 24.5 Å². The van der Waals surface area contributed by atoms with E-state index in [1.54, 1.807) is 17.0 Å². The zero-order chi connectivity index (χ0) is 25.0. The summed E-state index contributed by atoms with van der Waals surface area (Å²) in [6.45, 7) is 2.22. The van der Waals surface area contributed by atoms with Gasteiger partial charge in [-0.05, 0) is 53.8 Å². The van der Waals surface area contributed by atoms with Crippen molar-refractivity contribution in [3.63, 3.8) is 0 Å². The number of halogens is 2. The fourth-order valence-electron chi connectivity index (χ4n) is 4.20. The number of nitrogens with zero attached hydrogens (tertiary/aromatic N) is 1. The van der Waals surface area contributed by atoms with Gasteiger partial charge in [-0.1, -0.05) is 72.6 Å². The van der Waals surface area contributed by atoms with Gasteiger partial charge in [-0.15, -0.1) is 0 Å². The van der Waals surface area contributed by atoms with Gasteiger partial charge < -0.3 is 9.64 Å². The van der Waals surface area contributed by atoms with Crippen LogP contribution in [-0.4, -0.2) is 43.4 Å². The molecule has 0 saturated carbocycles. The van der Waals surface area contributed by atoms with Gasteiger partial charge >= 0.3 is 0 Å². The number of carbonyl (C=O) groups excluding carboxylic acids is 1. The molecule has 1 amide bonds. The van der Waals surface area contributed by atoms with Crippen LogP contribution in [0.2, 0.25) is 10.0 Å². The van der Waals surface area contributed by atoms with Crippen LogP contribution in [0.25, 0.3) is 11.1 Å². The number of hydrogen-bond donors (Lipinski definition) is 0. The number of carbonyl (C=O) groups is 1. The van der Waals surface area contributed by atoms with Gasteiger partial charge in [0.05, 0.1) is 11.5 Å². The van der Waals surface area contributed by atoms with Crippen LogP contribution < -0.4 is 4.74 Å². The number of sulfone groups is 1. The summed E-state index contributed by atoms with van der Waals surface area (Å²) in [6, 6.07) is 20.3. The second-order valence-electron chi connectivity index (χ2n) is 8.69. The molecule has 0 bridgehead atoms. The summed E-state index contributed by atoms with van der Waals surface area (Å²) in [5, 5.41) is 1.13. The number of ether oxygens (including phenoxy) is 1. The van der Waals surface area contributed by atoms with Crippen LogP contribution in [0, 0.1) is 0 Å². The molecule has 4 rings (SSSR count). The highest BCUT2D eigenvalue weighted by Gasteiger charge is 2.34. The number of amides is 1. The third kappa shape index (κ3) is 6.57. The molecule has 0 radical (unpaired) electrons. The molecule has 0 N–H and O–H groups in total. The van der Waals surface area contributed by atoms with E-state index in [1.165, 1.54) is 5.56 Å². The highest BCUT2D eigenvalue weighted by molar-refractivity contribution is 7.91. The molecule has 3 aromatic carbocycles. The first-order valence-corrected chi connectivity index (χ1v) is 14.1. The van der Waals surface area contributed by atoms with Gasteiger partial charge in [0.1, 0.15) is 5.75 Å². The van der Waals surface area contributed by atoms with Crippen molar-refractivity contribution >= 4 is 38.9 Å². The Morgan fingerprint density at radius 2 is 1.69 bits per heavy atom. The van der Waals surface area contributed by atoms with E-state index < -0.39 is 9.84 Å². The molecule has 1 unspecified atom stereocenters. The van der Waals surface area contributed by atoms with Crippen molar-refractivity contribution in [2.45, 2.75) is 32.4 Å². The molecule has 1 atom stereocenters. The second-order valence-corrected chi connectivity index (χ2v) is 11.8. The van der Waals surface area contributed by atoms with E-state index in [1.807, 2.05) is 54.6 Å². The molecule has 0 aliphatic carbocycles. The van der Waals surface area contributed by atoms with Crippen molar-refractivity contribution in [1.29, 1.82) is 0 Å². The van der Waals surface area contributed by atoms with E-state index in [2.05, 4.69) is 6.92 Å². The van der Waals surface area contributed by atoms with Gasteiger partial charge in [0.15, 0.2) is 16.4 Å². The summed E-state index contributed by atoms with van der Waals surface area (Å²) in [4.78, 5) is 14.8. The van der Waals surface area contributed by atoms with E-state index in [0.717, 1.165) is 23.1 Å². The van der Waals surface area contributed by atoms with Crippen LogP contribution in [0.15, 0.2) is 66.7 Å². The maximum atomic E-state index is 13.2. The van der Waals surface area contributed by atoms with Crippen molar-refractivity contribution in [1.82, 2.24) is 4.90 Å². The van der Waals surface area contributed by atoms with Crippen molar-refractivity contribution in [2.75, 3.05) is 18.1 Å². The predicted molar refractivity (Wildman–Crippen MR) is 141 cm³/mol. The molecule has 1 fully saturated rings. The zero-order valence-corrected chi connectivity index (χ0v) is 21.7. The molecule has 3 aromatic rings. The average Bonchev–Trinajstić information content (AvgIpc) is 3.21. The normalized spacial score (nSPS) is 16.7. The van der Waals surface area contributed by atoms with Crippen LogP contribution in [0.3, 0.4) is 0 Å². The monoisotopic (exact) mass is 531 g/mol. The van der Waals surface area contributed by atoms with Crippen LogP contribution >= 0.6 is 23.2 Å². The van der Waals surface area contributed by atoms with Gasteiger partial charge in [-0.25, -0.2) is 8.42 Å². The van der Waals surface area contributed by atoms with Crippen molar-refractivity contribution < 1.29 is 17.9 Å². The van der Waals surface area contributed by atoms with Gasteiger partial charge in [-0.2, -0.15) is 0 Å². The highest BCUT2D eigenvalue weighted by Crippen LogP contribution is 2.31. The summed E-state index contributed by atoms with van der Waals surface area (Å²) in [5.74, 6) is 0.437. The maximum Gasteiger partial charge on any atom is 0.261 e. The van der Waals surface area contributed by atoms with Crippen LogP contribution in [-0.2, 0) is 27.6 Å². The Balaban J connectivity index is 1.49. The van der Waals surface area contributed by atoms with E-state index >= 15 is 0 Å². The molecule has 8 heteroatoms. The fourth-order valence-corrected chi connectivity index (χ4v) is 6.45. The number of benzene rings is 3. The second kappa shape index (κ2) is 11.0. The molecule has 1 aliphatic heterocycles. The first-order valence-electron chi connectivity index (χ1n) is 11.5. The van der Waals surface area contributed by atoms with E-state index in [9.17, 15) is 13.2 Å². The minimum atomic E-state index is -3.15. The maximum absolute atomic E-state index is 13.2. The summed E-state index contributed by atoms with van der Waals surface area (Å²) >= 11 is 12.3. The largest absolute Gasteiger partial charge is 0.484 e. The topological polar surface area (TPSA) is 63.7 Å². The number of rotatable bonds is 8. The predicted octanol–water partition coefficient (Wildman–Crippen LogP) is 5.82. The summed E-state index contributed by atoms with van der Waals surface area (Å²) < 4.78 is 30.0. The molecule has 1 heterocycles. The molecule has 184 valence electrons. The van der Waals surface area contributed by atoms with E-state index in [0.29, 0.717) is 28.8 Å². The lowest BCUT2D eigenvalue weighted by molar-refractivity contribution is -0.136. The van der Waals surface area contributed by atoms with Gasteiger partial charge in [-0.3, -0.25) is 4.79 Å². The highest BCUT2D eigenvalue weighted by atomic mass is 35.5. The van der Waals surface area contributed by atoms with E-state index in [4.69, 9.17) is 27.9 Å². The SMILES string of the molecule is CCc1ccc(OCC(=O)N(Cc2ccc(-c3ccc(Cl)cc3Cl)cc2)C2CCS(=O)(=O)C2)cc1. The minimum Gasteiger partial charge on any atom is -0.484 e. The third-order valence-corrected chi connectivity index (χ3v) is 8.51. The van der Waals surface area contributed by atoms with Crippen LogP contribution in [0.5, 0.6) is 5.75 Å². The molecule has 5 nitrogen and oxygen atoms in total. The molecular weight excluding hydrogens is 505 g/mol. The minimum absolute atomic E-state index is 0.0254. The lowest BCUT2D eigenvalue weighted by Crippen LogP contribution is -2.43. The lowest BCUT2D eigenvalue weighted by Gasteiger charge is -2.28. The average molecular weight is 532 g/mol. The fraction of sp³-hybridized carbons (Fsp3) is 0.296. The molecule has 0 spiro atoms. The zero-order valence-electron chi connectivity index (χ0n) is 19.4. The molecule has 35 heavy (non-hydrogen) atoms. The number of aryl methyl sites for hydroxylation is 1. The van der Waals surface area contributed by atoms with Gasteiger partial charge in [0.2, 0.25) is 0 Å². The van der Waals surface area contributed by atoms with E-state index in [-0.39, 0.29) is 30.1 Å². The molecular formula is C27H27Cl2NO4S. The molecule has 0 aromatic heterocycles. The molecule has 1 saturated heterocycles. The van der Waals surface area contributed by atoms with Crippen molar-refractivity contribution in [2.24, 2.45) is 0 Å².